The largest absolute Gasteiger partial charge is 0.424 e. The zero-order valence-electron chi connectivity index (χ0n) is 17.3. The molecule has 6 nitrogen and oxygen atoms in total. The Kier molecular flexibility index (Phi) is 6.39. The number of hydrogen-bond acceptors (Lipinski definition) is 6. The van der Waals surface area contributed by atoms with Gasteiger partial charge in [0.25, 0.3) is 0 Å². The average molecular weight is 431 g/mol. The van der Waals surface area contributed by atoms with Gasteiger partial charge in [-0.15, -0.1) is 24.2 Å². The van der Waals surface area contributed by atoms with E-state index < -0.39 is 0 Å². The third kappa shape index (κ3) is 5.77. The van der Waals surface area contributed by atoms with Crippen LogP contribution in [0.4, 0.5) is 0 Å². The second-order valence-corrected chi connectivity index (χ2v) is 7.54. The Hall–Kier alpha value is -3.50. The lowest BCUT2D eigenvalue weighted by atomic mass is 10.2. The highest BCUT2D eigenvalue weighted by Gasteiger charge is 2.13. The van der Waals surface area contributed by atoms with Crippen molar-refractivity contribution < 1.29 is 14.2 Å². The summed E-state index contributed by atoms with van der Waals surface area (Å²) >= 11 is 0. The van der Waals surface area contributed by atoms with E-state index in [4.69, 9.17) is 14.2 Å². The van der Waals surface area contributed by atoms with Crippen molar-refractivity contribution in [1.82, 2.24) is 15.0 Å². The molecular formula is C24H22N3O3P. The molecule has 1 atom stereocenters. The Balaban J connectivity index is 1.62. The third-order valence-corrected chi connectivity index (χ3v) is 4.82. The third-order valence-electron chi connectivity index (χ3n) is 4.43. The highest BCUT2D eigenvalue weighted by atomic mass is 31.0. The summed E-state index contributed by atoms with van der Waals surface area (Å²) in [5, 5.41) is 1.05. The van der Waals surface area contributed by atoms with Crippen LogP contribution in [0, 0.1) is 6.92 Å². The highest BCUT2D eigenvalue weighted by Crippen LogP contribution is 2.27. The van der Waals surface area contributed by atoms with E-state index in [1.165, 1.54) is 5.56 Å². The predicted molar refractivity (Wildman–Crippen MR) is 123 cm³/mol. The molecule has 0 saturated carbocycles. The van der Waals surface area contributed by atoms with Crippen LogP contribution in [0.5, 0.6) is 35.3 Å². The first kappa shape index (κ1) is 20.8. The molecule has 0 spiro atoms. The zero-order chi connectivity index (χ0) is 21.6. The van der Waals surface area contributed by atoms with Crippen molar-refractivity contribution >= 4 is 14.5 Å². The Labute approximate surface area is 183 Å². The lowest BCUT2D eigenvalue weighted by molar-refractivity contribution is 0.362. The molecule has 0 aliphatic rings. The molecule has 4 aromatic rings. The monoisotopic (exact) mass is 431 g/mol. The first-order valence-electron chi connectivity index (χ1n) is 9.88. The van der Waals surface area contributed by atoms with Crippen molar-refractivity contribution in [2.24, 2.45) is 0 Å². The van der Waals surface area contributed by atoms with Gasteiger partial charge >= 0.3 is 18.0 Å². The molecule has 1 heterocycles. The fourth-order valence-corrected chi connectivity index (χ4v) is 2.90. The first-order valence-corrected chi connectivity index (χ1v) is 10.5. The minimum atomic E-state index is 0.0776. The van der Waals surface area contributed by atoms with Gasteiger partial charge in [0, 0.05) is 0 Å². The molecule has 0 amide bonds. The number of benzene rings is 3. The van der Waals surface area contributed by atoms with Crippen molar-refractivity contribution in [3.05, 3.63) is 83.9 Å². The first-order chi connectivity index (χ1) is 15.1. The summed E-state index contributed by atoms with van der Waals surface area (Å²) < 4.78 is 17.5. The van der Waals surface area contributed by atoms with Crippen LogP contribution < -0.4 is 19.5 Å². The average Bonchev–Trinajstić information content (AvgIpc) is 2.77. The second-order valence-electron chi connectivity index (χ2n) is 6.87. The lowest BCUT2D eigenvalue weighted by Gasteiger charge is -2.10. The van der Waals surface area contributed by atoms with Gasteiger partial charge in [0.05, 0.1) is 0 Å². The summed E-state index contributed by atoms with van der Waals surface area (Å²) in [5.41, 5.74) is 2.34. The van der Waals surface area contributed by atoms with E-state index in [1.807, 2.05) is 79.7 Å². The summed E-state index contributed by atoms with van der Waals surface area (Å²) in [4.78, 5) is 12.9. The van der Waals surface area contributed by atoms with Crippen LogP contribution in [0.1, 0.15) is 18.1 Å². The van der Waals surface area contributed by atoms with Gasteiger partial charge in [0.1, 0.15) is 17.2 Å². The number of ether oxygens (including phenoxy) is 3. The predicted octanol–water partition coefficient (Wildman–Crippen LogP) is 5.62. The van der Waals surface area contributed by atoms with Gasteiger partial charge in [-0.05, 0) is 60.6 Å². The van der Waals surface area contributed by atoms with E-state index in [-0.39, 0.29) is 18.0 Å². The smallest absolute Gasteiger partial charge is 0.331 e. The molecular weight excluding hydrogens is 409 g/mol. The maximum Gasteiger partial charge on any atom is 0.331 e. The van der Waals surface area contributed by atoms with Crippen molar-refractivity contribution in [3.8, 4) is 35.3 Å². The van der Waals surface area contributed by atoms with Gasteiger partial charge < -0.3 is 14.2 Å². The van der Waals surface area contributed by atoms with Crippen LogP contribution in [0.2, 0.25) is 0 Å². The van der Waals surface area contributed by atoms with Crippen molar-refractivity contribution in [3.63, 3.8) is 0 Å². The topological polar surface area (TPSA) is 66.4 Å². The van der Waals surface area contributed by atoms with Crippen LogP contribution in [-0.2, 0) is 6.42 Å². The molecule has 0 bridgehead atoms. The van der Waals surface area contributed by atoms with Crippen molar-refractivity contribution in [1.29, 1.82) is 0 Å². The molecule has 0 saturated heterocycles. The standard InChI is InChI=1S/C24H22N3O3P/c1-3-17-6-10-19(11-7-17)29-23-25-22(28-18-8-4-16(2)5-9-18)26-24(27-23)30-20-12-14-21(31)15-13-20/h4-15H,3,31H2,1-2H3. The van der Waals surface area contributed by atoms with E-state index in [1.54, 1.807) is 0 Å². The Morgan fingerprint density at radius 3 is 1.42 bits per heavy atom. The van der Waals surface area contributed by atoms with Crippen LogP contribution >= 0.6 is 9.24 Å². The van der Waals surface area contributed by atoms with E-state index in [0.29, 0.717) is 17.2 Å². The lowest BCUT2D eigenvalue weighted by Crippen LogP contribution is -2.01. The molecule has 1 unspecified atom stereocenters. The van der Waals surface area contributed by atoms with Gasteiger partial charge in [0.2, 0.25) is 0 Å². The summed E-state index contributed by atoms with van der Waals surface area (Å²) in [7, 11) is 2.63. The van der Waals surface area contributed by atoms with E-state index >= 15 is 0 Å². The summed E-state index contributed by atoms with van der Waals surface area (Å²) in [6, 6.07) is 23.1. The second kappa shape index (κ2) is 9.54. The minimum absolute atomic E-state index is 0.0776. The van der Waals surface area contributed by atoms with Crippen molar-refractivity contribution in [2.45, 2.75) is 20.3 Å². The molecule has 3 aromatic carbocycles. The Morgan fingerprint density at radius 1 is 0.613 bits per heavy atom. The molecule has 156 valence electrons. The zero-order valence-corrected chi connectivity index (χ0v) is 18.4. The van der Waals surface area contributed by atoms with E-state index in [9.17, 15) is 0 Å². The molecule has 7 heteroatoms. The minimum Gasteiger partial charge on any atom is -0.424 e. The molecule has 1 aromatic heterocycles. The van der Waals surface area contributed by atoms with Gasteiger partial charge in [0.15, 0.2) is 0 Å². The van der Waals surface area contributed by atoms with Gasteiger partial charge in [-0.3, -0.25) is 0 Å². The number of nitrogens with zero attached hydrogens (tertiary/aromatic N) is 3. The van der Waals surface area contributed by atoms with Crippen LogP contribution in [0.3, 0.4) is 0 Å². The number of hydrogen-bond donors (Lipinski definition) is 0. The van der Waals surface area contributed by atoms with Crippen molar-refractivity contribution in [2.75, 3.05) is 0 Å². The van der Waals surface area contributed by atoms with Gasteiger partial charge in [-0.1, -0.05) is 48.9 Å². The molecule has 0 radical (unpaired) electrons. The summed E-state index contributed by atoms with van der Waals surface area (Å²) in [6.07, 6.45) is 0.952. The maximum absolute atomic E-state index is 5.85. The Bertz CT molecular complexity index is 1080. The summed E-state index contributed by atoms with van der Waals surface area (Å²) in [6.45, 7) is 4.11. The SMILES string of the molecule is CCc1ccc(Oc2nc(Oc3ccc(C)cc3)nc(Oc3ccc(P)cc3)n2)cc1. The number of rotatable bonds is 7. The number of aromatic nitrogens is 3. The molecule has 0 fully saturated rings. The van der Waals surface area contributed by atoms with E-state index in [2.05, 4.69) is 31.1 Å². The molecule has 31 heavy (non-hydrogen) atoms. The van der Waals surface area contributed by atoms with Crippen LogP contribution in [0.15, 0.2) is 72.8 Å². The Morgan fingerprint density at radius 2 is 1.00 bits per heavy atom. The van der Waals surface area contributed by atoms with Crippen LogP contribution in [0.25, 0.3) is 0 Å². The highest BCUT2D eigenvalue weighted by molar-refractivity contribution is 7.27. The summed E-state index contributed by atoms with van der Waals surface area (Å²) in [5.74, 6) is 1.81. The number of aryl methyl sites for hydroxylation is 2. The molecule has 0 aliphatic heterocycles. The maximum atomic E-state index is 5.85. The van der Waals surface area contributed by atoms with Gasteiger partial charge in [-0.25, -0.2) is 0 Å². The normalized spacial score (nSPS) is 10.5. The quantitative estimate of drug-likeness (QED) is 0.354. The molecule has 4 rings (SSSR count). The molecule has 0 N–H and O–H groups in total. The van der Waals surface area contributed by atoms with E-state index in [0.717, 1.165) is 17.3 Å². The fraction of sp³-hybridized carbons (Fsp3) is 0.125. The fourth-order valence-electron chi connectivity index (χ4n) is 2.71. The van der Waals surface area contributed by atoms with Gasteiger partial charge in [-0.2, -0.15) is 0 Å². The molecule has 0 aliphatic carbocycles. The van der Waals surface area contributed by atoms with Crippen LogP contribution in [-0.4, -0.2) is 15.0 Å².